The van der Waals surface area contributed by atoms with Crippen LogP contribution in [0.3, 0.4) is 0 Å². The van der Waals surface area contributed by atoms with Gasteiger partial charge in [0, 0.05) is 103 Å². The molecule has 0 radical (unpaired) electrons. The SMILES string of the molecule is C.CC(=O)C(C)(C)C(c1ccc(F)cc1)c1ccc(N2CCOCC2)cc1.CC(C)(C(=O)O)C(c1ccc(F)cc1)c1ccc(N2CCOCC2)cc1.COC(O[Si](C)(C)C)=C(C)C.O=Cc1ccc(N2CCOCC2)cc1.OC(c1ccc(F)cc1)c1ccc(N2CCOCC2)cc1. The highest BCUT2D eigenvalue weighted by Gasteiger charge is 2.39. The van der Waals surface area contributed by atoms with E-state index >= 15 is 0 Å². The van der Waals surface area contributed by atoms with Crippen LogP contribution in [0.2, 0.25) is 19.6 Å². The van der Waals surface area contributed by atoms with Crippen molar-refractivity contribution < 1.29 is 65.9 Å². The van der Waals surface area contributed by atoms with Crippen molar-refractivity contribution in [1.29, 1.82) is 0 Å². The van der Waals surface area contributed by atoms with Gasteiger partial charge in [-0.05, 0) is 185 Å². The zero-order valence-corrected chi connectivity index (χ0v) is 59.8. The third kappa shape index (κ3) is 23.7. The number of nitrogens with zero attached hydrogens (tertiary/aromatic N) is 4. The first-order valence-corrected chi connectivity index (χ1v) is 37.0. The van der Waals surface area contributed by atoms with Crippen LogP contribution in [0.4, 0.5) is 35.9 Å². The number of ketones is 1. The summed E-state index contributed by atoms with van der Waals surface area (Å²) < 4.78 is 71.8. The highest BCUT2D eigenvalue weighted by molar-refractivity contribution is 6.70. The number of aliphatic carboxylic acids is 1. The molecule has 0 aliphatic carbocycles. The van der Waals surface area contributed by atoms with Crippen molar-refractivity contribution in [3.05, 3.63) is 238 Å². The summed E-state index contributed by atoms with van der Waals surface area (Å²) in [5.74, 6) is -1.48. The number of carboxylic acids is 1. The topological polar surface area (TPSA) is 160 Å². The number of carbonyl (C=O) groups is 3. The number of benzene rings is 7. The number of allylic oxidation sites excluding steroid dienone is 1. The third-order valence-corrected chi connectivity index (χ3v) is 18.5. The first kappa shape index (κ1) is 79.7. The number of hydrogen-bond acceptors (Lipinski definition) is 14. The van der Waals surface area contributed by atoms with Gasteiger partial charge in [0.05, 0.1) is 65.4 Å². The first-order valence-electron chi connectivity index (χ1n) is 33.5. The van der Waals surface area contributed by atoms with Gasteiger partial charge < -0.3 is 57.9 Å². The molecule has 2 N–H and O–H groups in total. The van der Waals surface area contributed by atoms with Crippen LogP contribution in [0, 0.1) is 28.3 Å². The molecule has 19 heteroatoms. The summed E-state index contributed by atoms with van der Waals surface area (Å²) in [4.78, 5) is 43.8. The van der Waals surface area contributed by atoms with Gasteiger partial charge in [0.25, 0.3) is 5.95 Å². The van der Waals surface area contributed by atoms with E-state index in [4.69, 9.17) is 28.1 Å². The minimum absolute atomic E-state index is 0. The highest BCUT2D eigenvalue weighted by atomic mass is 28.4. The number of halogens is 3. The number of morpholine rings is 4. The summed E-state index contributed by atoms with van der Waals surface area (Å²) >= 11 is 0. The van der Waals surface area contributed by atoms with Gasteiger partial charge in [0.15, 0.2) is 0 Å². The fourth-order valence-corrected chi connectivity index (χ4v) is 12.7. The van der Waals surface area contributed by atoms with Crippen molar-refractivity contribution in [2.45, 2.75) is 93.5 Å². The predicted molar refractivity (Wildman–Crippen MR) is 393 cm³/mol. The lowest BCUT2D eigenvalue weighted by molar-refractivity contribution is -0.147. The minimum Gasteiger partial charge on any atom is -0.520 e. The second-order valence-electron chi connectivity index (χ2n) is 26.8. The molecule has 7 aromatic rings. The summed E-state index contributed by atoms with van der Waals surface area (Å²) in [7, 11) is 0.154. The normalized spacial score (nSPS) is 15.7. The Labute approximate surface area is 586 Å². The van der Waals surface area contributed by atoms with Crippen LogP contribution >= 0.6 is 0 Å². The highest BCUT2D eigenvalue weighted by Crippen LogP contribution is 2.44. The van der Waals surface area contributed by atoms with E-state index in [1.165, 1.54) is 42.1 Å². The van der Waals surface area contributed by atoms with E-state index in [1.807, 2.05) is 100 Å². The van der Waals surface area contributed by atoms with E-state index in [2.05, 4.69) is 63.5 Å². The molecule has 0 bridgehead atoms. The Morgan fingerprint density at radius 2 is 0.707 bits per heavy atom. The lowest BCUT2D eigenvalue weighted by Gasteiger charge is -2.34. The zero-order valence-electron chi connectivity index (χ0n) is 58.8. The summed E-state index contributed by atoms with van der Waals surface area (Å²) in [6.07, 6.45) is 0.132. The Balaban J connectivity index is 0.000000201. The number of carboxylic acid groups (broad SMARTS) is 1. The maximum Gasteiger partial charge on any atom is 0.310 e. The molecular formula is C80H103F3N4O11Si. The lowest BCUT2D eigenvalue weighted by atomic mass is 9.69. The first-order chi connectivity index (χ1) is 46.8. The number of ether oxygens (including phenoxy) is 5. The Morgan fingerprint density at radius 1 is 0.455 bits per heavy atom. The van der Waals surface area contributed by atoms with Crippen molar-refractivity contribution in [2.24, 2.45) is 10.8 Å². The molecule has 7 aromatic carbocycles. The average Bonchev–Trinajstić information content (AvgIpc) is 0.790. The molecule has 3 unspecified atom stereocenters. The monoisotopic (exact) mass is 1380 g/mol. The Hall–Kier alpha value is -8.30. The van der Waals surface area contributed by atoms with Gasteiger partial charge >= 0.3 is 5.97 Å². The molecule has 4 fully saturated rings. The van der Waals surface area contributed by atoms with Gasteiger partial charge in [-0.1, -0.05) is 94.1 Å². The maximum absolute atomic E-state index is 13.4. The molecule has 3 atom stereocenters. The number of anilines is 4. The number of carbonyl (C=O) groups excluding carboxylic acids is 2. The minimum atomic E-state index is -1.49. The number of rotatable bonds is 18. The fraction of sp³-hybridized carbons (Fsp3) is 0.412. The van der Waals surface area contributed by atoms with Gasteiger partial charge in [-0.2, -0.15) is 0 Å². The van der Waals surface area contributed by atoms with Gasteiger partial charge in [0.2, 0.25) is 8.32 Å². The maximum atomic E-state index is 13.4. The number of aldehydes is 1. The average molecular weight is 1380 g/mol. The fourth-order valence-electron chi connectivity index (χ4n) is 11.8. The molecule has 15 nitrogen and oxygen atoms in total. The Morgan fingerprint density at radius 3 is 0.939 bits per heavy atom. The number of Topliss-reactive ketones (excluding diaryl/α,β-unsaturated/α-hetero) is 1. The van der Waals surface area contributed by atoms with Crippen molar-refractivity contribution in [1.82, 2.24) is 0 Å². The molecule has 11 rings (SSSR count). The summed E-state index contributed by atoms with van der Waals surface area (Å²) in [6, 6.07) is 50.4. The number of methoxy groups -OCH3 is 1. The van der Waals surface area contributed by atoms with E-state index in [-0.39, 0.29) is 42.5 Å². The predicted octanol–water partition coefficient (Wildman–Crippen LogP) is 15.8. The number of hydrogen-bond donors (Lipinski definition) is 2. The van der Waals surface area contributed by atoms with Crippen molar-refractivity contribution in [2.75, 3.05) is 132 Å². The molecule has 0 spiro atoms. The number of aliphatic hydroxyl groups excluding tert-OH is 1. The van der Waals surface area contributed by atoms with Gasteiger partial charge in [-0.15, -0.1) is 0 Å². The molecule has 4 saturated heterocycles. The second-order valence-corrected chi connectivity index (χ2v) is 31.2. The summed E-state index contributed by atoms with van der Waals surface area (Å²) in [6.45, 7) is 32.4. The van der Waals surface area contributed by atoms with E-state index < -0.39 is 31.2 Å². The van der Waals surface area contributed by atoms with E-state index in [0.717, 1.165) is 154 Å². The molecule has 4 aliphatic heterocycles. The van der Waals surface area contributed by atoms with Gasteiger partial charge in [-0.3, -0.25) is 14.4 Å². The van der Waals surface area contributed by atoms with E-state index in [0.29, 0.717) is 24.7 Å². The molecular weight excluding hydrogens is 1280 g/mol. The smallest absolute Gasteiger partial charge is 0.310 e. The van der Waals surface area contributed by atoms with Crippen LogP contribution in [-0.2, 0) is 37.7 Å². The van der Waals surface area contributed by atoms with Crippen molar-refractivity contribution in [3.63, 3.8) is 0 Å². The molecule has 0 amide bonds. The lowest BCUT2D eigenvalue weighted by Crippen LogP contribution is -2.36. The van der Waals surface area contributed by atoms with Crippen molar-refractivity contribution >= 4 is 49.1 Å². The quantitative estimate of drug-likeness (QED) is 0.0474. The molecule has 534 valence electrons. The molecule has 4 heterocycles. The van der Waals surface area contributed by atoms with Crippen LogP contribution < -0.4 is 19.6 Å². The molecule has 0 saturated carbocycles. The Bertz CT molecular complexity index is 3450. The van der Waals surface area contributed by atoms with E-state index in [9.17, 15) is 37.8 Å². The number of aliphatic hydroxyl groups is 1. The molecule has 99 heavy (non-hydrogen) atoms. The molecule has 0 aromatic heterocycles. The molecule has 4 aliphatic rings. The largest absolute Gasteiger partial charge is 0.520 e. The van der Waals surface area contributed by atoms with E-state index in [1.54, 1.807) is 64.3 Å². The third-order valence-electron chi connectivity index (χ3n) is 17.7. The van der Waals surface area contributed by atoms with Gasteiger partial charge in [-0.25, -0.2) is 13.2 Å². The standard InChI is InChI=1S/C22H26FNO2.C21H24FNO3.C17H18FNO2.C11H13NO2.C8H18O2Si.CH4/c1-16(25)22(2,3)21(17-4-8-19(23)9-5-17)18-6-10-20(11-7-18)24-12-14-26-15-13-24;1-21(2,20(24)25)19(15-3-7-17(22)8-4-15)16-5-9-18(10-6-16)23-11-13-26-14-12-23;18-15-5-1-13(2-6-15)17(20)14-3-7-16(8-4-14)19-9-11-21-12-10-19;13-9-10-1-3-11(4-2-10)12-5-7-14-8-6-12;1-7(2)8(9-3)10-11(4,5)6;/h4-11,21H,12-15H2,1-3H3;3-10,19H,11-14H2,1-2H3,(H,24,25);1-8,17,20H,9-12H2;1-4,9H,5-8H2;1-6H3;1H4. The van der Waals surface area contributed by atoms with Gasteiger partial charge in [0.1, 0.15) is 35.6 Å². The summed E-state index contributed by atoms with van der Waals surface area (Å²) in [5, 5.41) is 20.1. The van der Waals surface area contributed by atoms with Crippen LogP contribution in [0.1, 0.15) is 118 Å². The summed E-state index contributed by atoms with van der Waals surface area (Å²) in [5.41, 5.74) is 9.96. The zero-order chi connectivity index (χ0) is 71.0. The van der Waals surface area contributed by atoms with Crippen LogP contribution in [-0.4, -0.2) is 149 Å². The Kier molecular flexibility index (Phi) is 30.8. The van der Waals surface area contributed by atoms with Crippen LogP contribution in [0.15, 0.2) is 181 Å². The van der Waals surface area contributed by atoms with Crippen LogP contribution in [0.25, 0.3) is 0 Å². The van der Waals surface area contributed by atoms with Crippen LogP contribution in [0.5, 0.6) is 0 Å². The second kappa shape index (κ2) is 38.3. The van der Waals surface area contributed by atoms with Crippen molar-refractivity contribution in [3.8, 4) is 0 Å².